The van der Waals surface area contributed by atoms with Crippen LogP contribution in [-0.4, -0.2) is 52.5 Å². The summed E-state index contributed by atoms with van der Waals surface area (Å²) in [6.07, 6.45) is 9.50. The fraction of sp³-hybridized carbons (Fsp3) is 0.455. The third-order valence-electron chi connectivity index (χ3n) is 5.69. The summed E-state index contributed by atoms with van der Waals surface area (Å²) in [7, 11) is 3.67. The Hall–Kier alpha value is -2.64. The molecule has 1 amide bonds. The number of nitrogens with zero attached hydrogens (tertiary/aromatic N) is 3. The van der Waals surface area contributed by atoms with E-state index < -0.39 is 0 Å². The zero-order valence-electron chi connectivity index (χ0n) is 17.0. The fourth-order valence-electron chi connectivity index (χ4n) is 4.16. The first kappa shape index (κ1) is 19.7. The normalized spacial score (nSPS) is 19.5. The van der Waals surface area contributed by atoms with Gasteiger partial charge in [-0.2, -0.15) is 0 Å². The van der Waals surface area contributed by atoms with E-state index in [0.717, 1.165) is 42.4 Å². The van der Waals surface area contributed by atoms with Crippen molar-refractivity contribution in [3.8, 4) is 5.82 Å². The third kappa shape index (κ3) is 4.21. The zero-order chi connectivity index (χ0) is 20.2. The van der Waals surface area contributed by atoms with Crippen molar-refractivity contribution in [3.05, 3.63) is 48.5 Å². The molecule has 7 nitrogen and oxygen atoms in total. The maximum absolute atomic E-state index is 13.1. The van der Waals surface area contributed by atoms with Crippen LogP contribution in [-0.2, 0) is 16.5 Å². The van der Waals surface area contributed by atoms with E-state index in [1.807, 2.05) is 40.6 Å². The number of nitrogens with one attached hydrogen (secondary N) is 1. The van der Waals surface area contributed by atoms with Gasteiger partial charge in [-0.15, -0.1) is 0 Å². The van der Waals surface area contributed by atoms with Gasteiger partial charge in [0.05, 0.1) is 30.4 Å². The molecule has 154 valence electrons. The third-order valence-corrected chi connectivity index (χ3v) is 5.69. The summed E-state index contributed by atoms with van der Waals surface area (Å²) in [5.74, 6) is 0.962. The molecule has 1 saturated carbocycles. The molecule has 0 radical (unpaired) electrons. The van der Waals surface area contributed by atoms with Crippen LogP contribution in [0, 0.1) is 0 Å². The number of aryl methyl sites for hydroxylation is 1. The molecule has 1 fully saturated rings. The van der Waals surface area contributed by atoms with Crippen molar-refractivity contribution in [1.29, 1.82) is 0 Å². The van der Waals surface area contributed by atoms with E-state index in [1.165, 1.54) is 0 Å². The van der Waals surface area contributed by atoms with Crippen molar-refractivity contribution < 1.29 is 14.3 Å². The van der Waals surface area contributed by atoms with Crippen LogP contribution in [0.15, 0.2) is 43.0 Å². The van der Waals surface area contributed by atoms with Gasteiger partial charge in [0.15, 0.2) is 0 Å². The van der Waals surface area contributed by atoms with Gasteiger partial charge < -0.3 is 19.4 Å². The van der Waals surface area contributed by atoms with Crippen LogP contribution in [0.25, 0.3) is 16.7 Å². The monoisotopic (exact) mass is 396 g/mol. The fourth-order valence-corrected chi connectivity index (χ4v) is 4.16. The van der Waals surface area contributed by atoms with Gasteiger partial charge in [0.25, 0.3) is 5.91 Å². The summed E-state index contributed by atoms with van der Waals surface area (Å²) in [6, 6.07) is 8.14. The minimum Gasteiger partial charge on any atom is -0.382 e. The number of aromatic nitrogens is 3. The minimum atomic E-state index is -0.0160. The zero-order valence-corrected chi connectivity index (χ0v) is 17.0. The second kappa shape index (κ2) is 8.80. The quantitative estimate of drug-likeness (QED) is 0.623. The SMILES string of the molecule is COCCOC1CCC(NC(=O)c2cccc3cc(-n4ccnc4)n(C)c23)CC1. The molecule has 0 unspecified atom stereocenters. The summed E-state index contributed by atoms with van der Waals surface area (Å²) in [4.78, 5) is 17.2. The molecule has 4 rings (SSSR count). The van der Waals surface area contributed by atoms with Crippen molar-refractivity contribution in [2.75, 3.05) is 20.3 Å². The molecule has 0 bridgehead atoms. The lowest BCUT2D eigenvalue weighted by atomic mass is 9.92. The van der Waals surface area contributed by atoms with Gasteiger partial charge in [-0.3, -0.25) is 9.36 Å². The largest absolute Gasteiger partial charge is 0.382 e. The van der Waals surface area contributed by atoms with Crippen LogP contribution in [0.2, 0.25) is 0 Å². The molecule has 3 aromatic rings. The number of carbonyl (C=O) groups is 1. The molecular formula is C22H28N4O3. The van der Waals surface area contributed by atoms with Gasteiger partial charge in [0.2, 0.25) is 0 Å². The number of amides is 1. The first-order chi connectivity index (χ1) is 14.2. The van der Waals surface area contributed by atoms with Crippen LogP contribution >= 0.6 is 0 Å². The molecule has 1 aliphatic carbocycles. The Labute approximate surface area is 170 Å². The number of hydrogen-bond acceptors (Lipinski definition) is 4. The van der Waals surface area contributed by atoms with Gasteiger partial charge in [-0.05, 0) is 37.8 Å². The molecule has 0 saturated heterocycles. The molecular weight excluding hydrogens is 368 g/mol. The van der Waals surface area contributed by atoms with Crippen molar-refractivity contribution in [1.82, 2.24) is 19.4 Å². The molecule has 2 aromatic heterocycles. The number of para-hydroxylation sites is 1. The highest BCUT2D eigenvalue weighted by atomic mass is 16.5. The Bertz CT molecular complexity index is 956. The van der Waals surface area contributed by atoms with Gasteiger partial charge in [-0.25, -0.2) is 4.98 Å². The second-order valence-electron chi connectivity index (χ2n) is 7.59. The molecule has 1 aliphatic rings. The van der Waals surface area contributed by atoms with Crippen molar-refractivity contribution in [2.45, 2.75) is 37.8 Å². The first-order valence-corrected chi connectivity index (χ1v) is 10.2. The van der Waals surface area contributed by atoms with Gasteiger partial charge in [0.1, 0.15) is 12.1 Å². The van der Waals surface area contributed by atoms with E-state index in [1.54, 1.807) is 19.6 Å². The van der Waals surface area contributed by atoms with E-state index in [-0.39, 0.29) is 18.1 Å². The standard InChI is InChI=1S/C22H28N4O3/c1-25-20(26-11-10-23-15-26)14-16-4-3-5-19(21(16)25)22(27)24-17-6-8-18(9-7-17)29-13-12-28-2/h3-5,10-11,14-15,17-18H,6-9,12-13H2,1-2H3,(H,24,27). The number of hydrogen-bond donors (Lipinski definition) is 1. The van der Waals surface area contributed by atoms with E-state index in [9.17, 15) is 4.79 Å². The average Bonchev–Trinajstić information content (AvgIpc) is 3.37. The molecule has 0 atom stereocenters. The first-order valence-electron chi connectivity index (χ1n) is 10.2. The number of carbonyl (C=O) groups excluding carboxylic acids is 1. The second-order valence-corrected chi connectivity index (χ2v) is 7.59. The predicted octanol–water partition coefficient (Wildman–Crippen LogP) is 3.07. The lowest BCUT2D eigenvalue weighted by Crippen LogP contribution is -2.39. The highest BCUT2D eigenvalue weighted by Crippen LogP contribution is 2.26. The average molecular weight is 396 g/mol. The number of imidazole rings is 1. The lowest BCUT2D eigenvalue weighted by molar-refractivity contribution is -0.00408. The summed E-state index contributed by atoms with van der Waals surface area (Å²) in [6.45, 7) is 1.26. The predicted molar refractivity (Wildman–Crippen MR) is 111 cm³/mol. The number of benzene rings is 1. The van der Waals surface area contributed by atoms with Gasteiger partial charge in [-0.1, -0.05) is 12.1 Å². The van der Waals surface area contributed by atoms with Crippen LogP contribution < -0.4 is 5.32 Å². The molecule has 29 heavy (non-hydrogen) atoms. The number of methoxy groups -OCH3 is 1. The Kier molecular flexibility index (Phi) is 5.97. The molecule has 2 heterocycles. The van der Waals surface area contributed by atoms with E-state index in [0.29, 0.717) is 18.8 Å². The maximum Gasteiger partial charge on any atom is 0.253 e. The number of ether oxygens (including phenoxy) is 2. The van der Waals surface area contributed by atoms with Gasteiger partial charge >= 0.3 is 0 Å². The van der Waals surface area contributed by atoms with Crippen LogP contribution in [0.4, 0.5) is 0 Å². The van der Waals surface area contributed by atoms with E-state index in [2.05, 4.69) is 16.4 Å². The minimum absolute atomic E-state index is 0.0160. The maximum atomic E-state index is 13.1. The van der Waals surface area contributed by atoms with Gasteiger partial charge in [0, 0.05) is 38.0 Å². The highest BCUT2D eigenvalue weighted by Gasteiger charge is 2.24. The summed E-state index contributed by atoms with van der Waals surface area (Å²) < 4.78 is 14.9. The topological polar surface area (TPSA) is 70.3 Å². The highest BCUT2D eigenvalue weighted by molar-refractivity contribution is 6.06. The smallest absolute Gasteiger partial charge is 0.253 e. The van der Waals surface area contributed by atoms with Crippen molar-refractivity contribution in [3.63, 3.8) is 0 Å². The lowest BCUT2D eigenvalue weighted by Gasteiger charge is -2.29. The summed E-state index contributed by atoms with van der Waals surface area (Å²) in [5.41, 5.74) is 1.64. The van der Waals surface area contributed by atoms with Crippen LogP contribution in [0.1, 0.15) is 36.0 Å². The Morgan fingerprint density at radius 3 is 2.79 bits per heavy atom. The van der Waals surface area contributed by atoms with E-state index in [4.69, 9.17) is 9.47 Å². The number of rotatable bonds is 7. The molecule has 7 heteroatoms. The summed E-state index contributed by atoms with van der Waals surface area (Å²) in [5, 5.41) is 4.28. The van der Waals surface area contributed by atoms with E-state index >= 15 is 0 Å². The molecule has 0 aliphatic heterocycles. The Balaban J connectivity index is 1.46. The van der Waals surface area contributed by atoms with Crippen LogP contribution in [0.5, 0.6) is 0 Å². The Morgan fingerprint density at radius 2 is 2.07 bits per heavy atom. The molecule has 0 spiro atoms. The van der Waals surface area contributed by atoms with Crippen LogP contribution in [0.3, 0.4) is 0 Å². The molecule has 1 aromatic carbocycles. The summed E-state index contributed by atoms with van der Waals surface area (Å²) >= 11 is 0. The van der Waals surface area contributed by atoms with Crippen molar-refractivity contribution in [2.24, 2.45) is 7.05 Å². The molecule has 1 N–H and O–H groups in total. The van der Waals surface area contributed by atoms with Crippen molar-refractivity contribution >= 4 is 16.8 Å². The Morgan fingerprint density at radius 1 is 1.24 bits per heavy atom. The number of fused-ring (bicyclic) bond motifs is 1.